The SMILES string of the molecule is N#CSc1ccc(NC(=O)/C=C/c2ccc(OCc3ccccc3)cc2)cc1. The van der Waals surface area contributed by atoms with Gasteiger partial charge in [0.2, 0.25) is 5.91 Å². The van der Waals surface area contributed by atoms with Crippen LogP contribution in [-0.4, -0.2) is 5.91 Å². The second-order valence-corrected chi connectivity index (χ2v) is 6.74. The number of ether oxygens (including phenoxy) is 1. The molecule has 0 radical (unpaired) electrons. The van der Waals surface area contributed by atoms with Gasteiger partial charge < -0.3 is 10.1 Å². The van der Waals surface area contributed by atoms with Crippen LogP contribution >= 0.6 is 11.8 Å². The molecule has 0 saturated carbocycles. The lowest BCUT2D eigenvalue weighted by atomic mass is 10.2. The lowest BCUT2D eigenvalue weighted by Gasteiger charge is -2.06. The molecule has 0 heterocycles. The molecule has 1 amide bonds. The summed E-state index contributed by atoms with van der Waals surface area (Å²) in [6, 6.07) is 24.7. The van der Waals surface area contributed by atoms with E-state index in [0.717, 1.165) is 33.5 Å². The molecule has 28 heavy (non-hydrogen) atoms. The minimum absolute atomic E-state index is 0.218. The molecule has 138 valence electrons. The van der Waals surface area contributed by atoms with Crippen LogP contribution in [0.2, 0.25) is 0 Å². The molecule has 4 nitrogen and oxygen atoms in total. The van der Waals surface area contributed by atoms with Gasteiger partial charge in [-0.3, -0.25) is 4.79 Å². The van der Waals surface area contributed by atoms with Crippen LogP contribution < -0.4 is 10.1 Å². The van der Waals surface area contributed by atoms with Gasteiger partial charge in [-0.1, -0.05) is 42.5 Å². The van der Waals surface area contributed by atoms with Crippen molar-refractivity contribution in [3.63, 3.8) is 0 Å². The third-order valence-corrected chi connectivity index (χ3v) is 4.44. The highest BCUT2D eigenvalue weighted by atomic mass is 32.2. The maximum atomic E-state index is 12.0. The molecule has 0 saturated heterocycles. The van der Waals surface area contributed by atoms with E-state index in [9.17, 15) is 4.79 Å². The van der Waals surface area contributed by atoms with Crippen molar-refractivity contribution in [1.82, 2.24) is 0 Å². The summed E-state index contributed by atoms with van der Waals surface area (Å²) in [5, 5.41) is 13.4. The van der Waals surface area contributed by atoms with Gasteiger partial charge in [-0.2, -0.15) is 5.26 Å². The molecule has 0 aliphatic rings. The van der Waals surface area contributed by atoms with E-state index in [-0.39, 0.29) is 5.91 Å². The topological polar surface area (TPSA) is 62.1 Å². The molecule has 0 atom stereocenters. The number of nitrogens with one attached hydrogen (secondary N) is 1. The summed E-state index contributed by atoms with van der Waals surface area (Å²) in [7, 11) is 0. The summed E-state index contributed by atoms with van der Waals surface area (Å²) in [5.41, 5.74) is 2.70. The normalized spacial score (nSPS) is 10.4. The number of hydrogen-bond donors (Lipinski definition) is 1. The molecule has 0 unspecified atom stereocenters. The smallest absolute Gasteiger partial charge is 0.248 e. The molecular formula is C23H18N2O2S. The van der Waals surface area contributed by atoms with Crippen LogP contribution in [0.15, 0.2) is 89.8 Å². The van der Waals surface area contributed by atoms with Gasteiger partial charge in [0.15, 0.2) is 0 Å². The molecular weight excluding hydrogens is 368 g/mol. The predicted octanol–water partition coefficient (Wildman–Crippen LogP) is 5.49. The molecule has 0 aliphatic heterocycles. The maximum absolute atomic E-state index is 12.0. The van der Waals surface area contributed by atoms with Crippen molar-refractivity contribution in [3.05, 3.63) is 96.1 Å². The number of nitrogens with zero attached hydrogens (tertiary/aromatic N) is 1. The number of benzene rings is 3. The lowest BCUT2D eigenvalue weighted by Crippen LogP contribution is -2.07. The van der Waals surface area contributed by atoms with Crippen molar-refractivity contribution in [2.24, 2.45) is 0 Å². The van der Waals surface area contributed by atoms with Crippen LogP contribution in [-0.2, 0) is 11.4 Å². The minimum atomic E-state index is -0.218. The lowest BCUT2D eigenvalue weighted by molar-refractivity contribution is -0.111. The highest BCUT2D eigenvalue weighted by Crippen LogP contribution is 2.19. The molecule has 0 spiro atoms. The standard InChI is InChI=1S/C23H18N2O2S/c24-17-28-22-13-9-20(10-14-22)25-23(26)15-8-18-6-11-21(12-7-18)27-16-19-4-2-1-3-5-19/h1-15H,16H2,(H,25,26)/b15-8+. The summed E-state index contributed by atoms with van der Waals surface area (Å²) in [4.78, 5) is 12.9. The third-order valence-electron chi connectivity index (χ3n) is 3.84. The van der Waals surface area contributed by atoms with E-state index in [0.29, 0.717) is 12.3 Å². The first-order chi connectivity index (χ1) is 13.7. The van der Waals surface area contributed by atoms with Crippen molar-refractivity contribution in [1.29, 1.82) is 5.26 Å². The first-order valence-corrected chi connectivity index (χ1v) is 9.46. The van der Waals surface area contributed by atoms with E-state index >= 15 is 0 Å². The Morgan fingerprint density at radius 1 is 1.00 bits per heavy atom. The van der Waals surface area contributed by atoms with E-state index < -0.39 is 0 Å². The molecule has 1 N–H and O–H groups in total. The van der Waals surface area contributed by atoms with Gasteiger partial charge >= 0.3 is 0 Å². The molecule has 5 heteroatoms. The van der Waals surface area contributed by atoms with Crippen LogP contribution in [0, 0.1) is 10.7 Å². The van der Waals surface area contributed by atoms with Crippen molar-refractivity contribution in [2.45, 2.75) is 11.5 Å². The number of rotatable bonds is 7. The second kappa shape index (κ2) is 10.0. The largest absolute Gasteiger partial charge is 0.489 e. The van der Waals surface area contributed by atoms with E-state index in [2.05, 4.69) is 5.32 Å². The highest BCUT2D eigenvalue weighted by molar-refractivity contribution is 8.03. The van der Waals surface area contributed by atoms with E-state index in [1.165, 1.54) is 6.08 Å². The quantitative estimate of drug-likeness (QED) is 0.331. The second-order valence-electron chi connectivity index (χ2n) is 5.88. The number of nitriles is 1. The van der Waals surface area contributed by atoms with E-state index in [1.54, 1.807) is 30.3 Å². The fourth-order valence-electron chi connectivity index (χ4n) is 2.43. The first kappa shape index (κ1) is 19.3. The van der Waals surface area contributed by atoms with E-state index in [4.69, 9.17) is 10.00 Å². The predicted molar refractivity (Wildman–Crippen MR) is 113 cm³/mol. The Balaban J connectivity index is 1.50. The monoisotopic (exact) mass is 386 g/mol. The van der Waals surface area contributed by atoms with Gasteiger partial charge in [0.1, 0.15) is 17.8 Å². The Bertz CT molecular complexity index is 976. The van der Waals surface area contributed by atoms with Gasteiger partial charge in [-0.25, -0.2) is 0 Å². The van der Waals surface area contributed by atoms with Crippen molar-refractivity contribution in [2.75, 3.05) is 5.32 Å². The van der Waals surface area contributed by atoms with Crippen LogP contribution in [0.25, 0.3) is 6.08 Å². The molecule has 0 aliphatic carbocycles. The Labute approximate surface area is 168 Å². The number of amides is 1. The Morgan fingerprint density at radius 3 is 2.39 bits per heavy atom. The average Bonchev–Trinajstić information content (AvgIpc) is 2.74. The Kier molecular flexibility index (Phi) is 6.89. The molecule has 3 aromatic carbocycles. The third kappa shape index (κ3) is 6.04. The summed E-state index contributed by atoms with van der Waals surface area (Å²) in [5.74, 6) is 0.561. The molecule has 0 aromatic heterocycles. The number of thiocyanates is 1. The Hall–Kier alpha value is -3.49. The van der Waals surface area contributed by atoms with Crippen molar-refractivity contribution >= 4 is 29.4 Å². The fraction of sp³-hybridized carbons (Fsp3) is 0.0435. The van der Waals surface area contributed by atoms with E-state index in [1.807, 2.05) is 60.0 Å². The highest BCUT2D eigenvalue weighted by Gasteiger charge is 2.00. The summed E-state index contributed by atoms with van der Waals surface area (Å²) in [6.45, 7) is 0.518. The summed E-state index contributed by atoms with van der Waals surface area (Å²) < 4.78 is 5.75. The molecule has 0 fully saturated rings. The van der Waals surface area contributed by atoms with Gasteiger partial charge in [0.25, 0.3) is 0 Å². The van der Waals surface area contributed by atoms with Crippen molar-refractivity contribution in [3.8, 4) is 11.2 Å². The minimum Gasteiger partial charge on any atom is -0.489 e. The first-order valence-electron chi connectivity index (χ1n) is 8.65. The fourth-order valence-corrected chi connectivity index (χ4v) is 2.81. The molecule has 3 rings (SSSR count). The number of thioether (sulfide) groups is 1. The summed E-state index contributed by atoms with van der Waals surface area (Å²) >= 11 is 1.08. The zero-order valence-electron chi connectivity index (χ0n) is 15.0. The number of carbonyl (C=O) groups is 1. The van der Waals surface area contributed by atoms with Gasteiger partial charge in [0, 0.05) is 16.7 Å². The van der Waals surface area contributed by atoms with Crippen molar-refractivity contribution < 1.29 is 9.53 Å². The summed E-state index contributed by atoms with van der Waals surface area (Å²) in [6.07, 6.45) is 3.23. The van der Waals surface area contributed by atoms with Crippen LogP contribution in [0.1, 0.15) is 11.1 Å². The van der Waals surface area contributed by atoms with Crippen LogP contribution in [0.4, 0.5) is 5.69 Å². The zero-order valence-corrected chi connectivity index (χ0v) is 15.9. The molecule has 3 aromatic rings. The molecule has 0 bridgehead atoms. The number of anilines is 1. The number of hydrogen-bond acceptors (Lipinski definition) is 4. The number of carbonyl (C=O) groups excluding carboxylic acids is 1. The van der Waals surface area contributed by atoms with Gasteiger partial charge in [-0.15, -0.1) is 0 Å². The zero-order chi connectivity index (χ0) is 19.6. The maximum Gasteiger partial charge on any atom is 0.248 e. The van der Waals surface area contributed by atoms with Gasteiger partial charge in [0.05, 0.1) is 0 Å². The van der Waals surface area contributed by atoms with Crippen LogP contribution in [0.5, 0.6) is 5.75 Å². The van der Waals surface area contributed by atoms with Gasteiger partial charge in [-0.05, 0) is 65.4 Å². The van der Waals surface area contributed by atoms with Crippen LogP contribution in [0.3, 0.4) is 0 Å². The Morgan fingerprint density at radius 2 is 1.71 bits per heavy atom. The average molecular weight is 386 g/mol.